The molecule has 100 valence electrons. The summed E-state index contributed by atoms with van der Waals surface area (Å²) in [5, 5.41) is 0.508. The van der Waals surface area contributed by atoms with Gasteiger partial charge in [0.15, 0.2) is 0 Å². The number of hydrogen-bond acceptors (Lipinski definition) is 4. The molecule has 2 aromatic heterocycles. The molecular formula is C14H16ClN3O. The van der Waals surface area contributed by atoms with Crippen LogP contribution in [0.3, 0.4) is 0 Å². The lowest BCUT2D eigenvalue weighted by atomic mass is 10.1. The van der Waals surface area contributed by atoms with Crippen molar-refractivity contribution in [1.82, 2.24) is 9.97 Å². The van der Waals surface area contributed by atoms with Gasteiger partial charge >= 0.3 is 0 Å². The fourth-order valence-corrected chi connectivity index (χ4v) is 1.96. The van der Waals surface area contributed by atoms with Crippen LogP contribution in [0.4, 0.5) is 0 Å². The van der Waals surface area contributed by atoms with Crippen LogP contribution in [0.25, 0.3) is 0 Å². The second-order valence-corrected chi connectivity index (χ2v) is 4.48. The quantitative estimate of drug-likeness (QED) is 0.825. The van der Waals surface area contributed by atoms with E-state index >= 15 is 0 Å². The van der Waals surface area contributed by atoms with Gasteiger partial charge in [-0.1, -0.05) is 11.6 Å². The molecule has 0 fully saturated rings. The van der Waals surface area contributed by atoms with E-state index < -0.39 is 0 Å². The number of nitrogens with zero attached hydrogens (tertiary/aromatic N) is 2. The van der Waals surface area contributed by atoms with Gasteiger partial charge in [-0.05, 0) is 42.2 Å². The Morgan fingerprint density at radius 3 is 2.68 bits per heavy atom. The summed E-state index contributed by atoms with van der Waals surface area (Å²) in [5.74, 6) is 0.458. The summed E-state index contributed by atoms with van der Waals surface area (Å²) in [7, 11) is 0. The first-order valence-corrected chi connectivity index (χ1v) is 6.54. The lowest BCUT2D eigenvalue weighted by Gasteiger charge is -2.09. The van der Waals surface area contributed by atoms with Crippen molar-refractivity contribution in [2.24, 2.45) is 5.73 Å². The number of ether oxygens (including phenoxy) is 1. The highest BCUT2D eigenvalue weighted by molar-refractivity contribution is 6.32. The third-order valence-corrected chi connectivity index (χ3v) is 3.16. The molecule has 2 rings (SSSR count). The van der Waals surface area contributed by atoms with Crippen molar-refractivity contribution in [3.63, 3.8) is 0 Å². The first-order chi connectivity index (χ1) is 9.31. The minimum absolute atomic E-state index is 0.384. The van der Waals surface area contributed by atoms with Crippen molar-refractivity contribution < 1.29 is 4.74 Å². The summed E-state index contributed by atoms with van der Waals surface area (Å²) in [6.07, 6.45) is 7.08. The smallest absolute Gasteiger partial charge is 0.232 e. The van der Waals surface area contributed by atoms with Crippen LogP contribution in [0, 0.1) is 0 Å². The maximum atomic E-state index is 6.13. The summed E-state index contributed by atoms with van der Waals surface area (Å²) >= 11 is 6.13. The Hall–Kier alpha value is -1.65. The van der Waals surface area contributed by atoms with Gasteiger partial charge in [0.05, 0.1) is 6.61 Å². The molecule has 0 radical (unpaired) electrons. The third kappa shape index (κ3) is 3.91. The van der Waals surface area contributed by atoms with Crippen LogP contribution in [0.1, 0.15) is 17.5 Å². The summed E-state index contributed by atoms with van der Waals surface area (Å²) < 4.78 is 5.59. The Balaban J connectivity index is 1.83. The van der Waals surface area contributed by atoms with E-state index in [4.69, 9.17) is 22.1 Å². The number of aromatic nitrogens is 2. The summed E-state index contributed by atoms with van der Waals surface area (Å²) in [6, 6.07) is 5.80. The van der Waals surface area contributed by atoms with Crippen LogP contribution in [0.15, 0.2) is 36.8 Å². The highest BCUT2D eigenvalue weighted by atomic mass is 35.5. The van der Waals surface area contributed by atoms with E-state index in [-0.39, 0.29) is 0 Å². The van der Waals surface area contributed by atoms with Crippen LogP contribution >= 0.6 is 11.6 Å². The van der Waals surface area contributed by atoms with E-state index in [1.165, 1.54) is 5.56 Å². The van der Waals surface area contributed by atoms with Crippen molar-refractivity contribution in [3.05, 3.63) is 52.9 Å². The van der Waals surface area contributed by atoms with Gasteiger partial charge in [0.25, 0.3) is 0 Å². The molecule has 0 aliphatic heterocycles. The molecule has 19 heavy (non-hydrogen) atoms. The SMILES string of the molecule is NCc1ccnc(OCCCc2ccncc2)c1Cl. The van der Waals surface area contributed by atoms with E-state index in [0.717, 1.165) is 18.4 Å². The number of aryl methyl sites for hydroxylation is 1. The average molecular weight is 278 g/mol. The third-order valence-electron chi connectivity index (χ3n) is 2.76. The van der Waals surface area contributed by atoms with Gasteiger partial charge in [-0.15, -0.1) is 0 Å². The lowest BCUT2D eigenvalue weighted by molar-refractivity contribution is 0.299. The molecule has 0 aliphatic carbocycles. The minimum atomic E-state index is 0.384. The van der Waals surface area contributed by atoms with E-state index in [1.807, 2.05) is 12.1 Å². The molecule has 0 atom stereocenters. The molecule has 2 aromatic rings. The Labute approximate surface area is 117 Å². The van der Waals surface area contributed by atoms with Crippen LogP contribution in [-0.2, 0) is 13.0 Å². The highest BCUT2D eigenvalue weighted by Crippen LogP contribution is 2.25. The maximum Gasteiger partial charge on any atom is 0.232 e. The van der Waals surface area contributed by atoms with Crippen molar-refractivity contribution in [1.29, 1.82) is 0 Å². The predicted molar refractivity (Wildman–Crippen MR) is 75.2 cm³/mol. The monoisotopic (exact) mass is 277 g/mol. The Morgan fingerprint density at radius 1 is 1.16 bits per heavy atom. The highest BCUT2D eigenvalue weighted by Gasteiger charge is 2.07. The number of rotatable bonds is 6. The first kappa shape index (κ1) is 13.8. The second kappa shape index (κ2) is 7.07. The Kier molecular flexibility index (Phi) is 5.12. The van der Waals surface area contributed by atoms with Gasteiger partial charge in [0.2, 0.25) is 5.88 Å². The van der Waals surface area contributed by atoms with Crippen molar-refractivity contribution in [2.45, 2.75) is 19.4 Å². The average Bonchev–Trinajstić information content (AvgIpc) is 2.46. The molecule has 0 amide bonds. The van der Waals surface area contributed by atoms with Gasteiger partial charge in [-0.2, -0.15) is 0 Å². The number of nitrogens with two attached hydrogens (primary N) is 1. The second-order valence-electron chi connectivity index (χ2n) is 4.10. The lowest BCUT2D eigenvalue weighted by Crippen LogP contribution is -2.04. The molecule has 0 spiro atoms. The van der Waals surface area contributed by atoms with Crippen LogP contribution in [-0.4, -0.2) is 16.6 Å². The molecule has 0 saturated carbocycles. The normalized spacial score (nSPS) is 10.4. The summed E-state index contributed by atoms with van der Waals surface area (Å²) in [4.78, 5) is 8.09. The van der Waals surface area contributed by atoms with Crippen LogP contribution < -0.4 is 10.5 Å². The van der Waals surface area contributed by atoms with E-state index in [1.54, 1.807) is 24.7 Å². The van der Waals surface area contributed by atoms with E-state index in [9.17, 15) is 0 Å². The van der Waals surface area contributed by atoms with Crippen molar-refractivity contribution in [2.75, 3.05) is 6.61 Å². The number of hydrogen-bond donors (Lipinski definition) is 1. The molecule has 4 nitrogen and oxygen atoms in total. The zero-order valence-corrected chi connectivity index (χ0v) is 11.3. The summed E-state index contributed by atoms with van der Waals surface area (Å²) in [6.45, 7) is 0.956. The summed E-state index contributed by atoms with van der Waals surface area (Å²) in [5.41, 5.74) is 7.67. The number of pyridine rings is 2. The van der Waals surface area contributed by atoms with Crippen LogP contribution in [0.5, 0.6) is 5.88 Å². The first-order valence-electron chi connectivity index (χ1n) is 6.16. The molecule has 5 heteroatoms. The fraction of sp³-hybridized carbons (Fsp3) is 0.286. The van der Waals surface area contributed by atoms with Gasteiger partial charge in [-0.25, -0.2) is 4.98 Å². The van der Waals surface area contributed by atoms with E-state index in [0.29, 0.717) is 24.1 Å². The topological polar surface area (TPSA) is 61.0 Å². The van der Waals surface area contributed by atoms with E-state index in [2.05, 4.69) is 9.97 Å². The zero-order chi connectivity index (χ0) is 13.5. The largest absolute Gasteiger partial charge is 0.477 e. The standard InChI is InChI=1S/C14H16ClN3O/c15-13-12(10-16)5-8-18-14(13)19-9-1-2-11-3-6-17-7-4-11/h3-8H,1-2,9-10,16H2. The zero-order valence-electron chi connectivity index (χ0n) is 10.6. The fourth-order valence-electron chi connectivity index (χ4n) is 1.71. The maximum absolute atomic E-state index is 6.13. The molecular weight excluding hydrogens is 262 g/mol. The van der Waals surface area contributed by atoms with Crippen molar-refractivity contribution in [3.8, 4) is 5.88 Å². The van der Waals surface area contributed by atoms with Crippen LogP contribution in [0.2, 0.25) is 5.02 Å². The molecule has 0 aliphatic rings. The Bertz CT molecular complexity index is 519. The van der Waals surface area contributed by atoms with Gasteiger partial charge in [0.1, 0.15) is 5.02 Å². The molecule has 0 aromatic carbocycles. The molecule has 0 unspecified atom stereocenters. The van der Waals surface area contributed by atoms with Crippen molar-refractivity contribution >= 4 is 11.6 Å². The van der Waals surface area contributed by atoms with Gasteiger partial charge in [0, 0.05) is 25.1 Å². The molecule has 2 heterocycles. The molecule has 2 N–H and O–H groups in total. The number of halogens is 1. The molecule has 0 bridgehead atoms. The Morgan fingerprint density at radius 2 is 1.95 bits per heavy atom. The molecule has 0 saturated heterocycles. The predicted octanol–water partition coefficient (Wildman–Crippen LogP) is 2.60. The van der Waals surface area contributed by atoms with Gasteiger partial charge < -0.3 is 10.5 Å². The minimum Gasteiger partial charge on any atom is -0.477 e. The van der Waals surface area contributed by atoms with Gasteiger partial charge in [-0.3, -0.25) is 4.98 Å².